The molecule has 2 aromatic rings. The minimum absolute atomic E-state index is 0.0890. The van der Waals surface area contributed by atoms with E-state index in [2.05, 4.69) is 4.74 Å². The van der Waals surface area contributed by atoms with Gasteiger partial charge in [0.05, 0.1) is 26.7 Å². The molecule has 0 bridgehead atoms. The quantitative estimate of drug-likeness (QED) is 0.673. The molecular formula is C21H22F2O6. The number of carbonyl (C=O) groups excluding carboxylic acids is 1. The maximum Gasteiger partial charge on any atom is 0.387 e. The number of methoxy groups -OCH3 is 2. The molecule has 0 saturated carbocycles. The van der Waals surface area contributed by atoms with Crippen LogP contribution in [0.15, 0.2) is 36.4 Å². The van der Waals surface area contributed by atoms with Crippen LogP contribution in [-0.4, -0.2) is 38.5 Å². The highest BCUT2D eigenvalue weighted by Crippen LogP contribution is 2.35. The van der Waals surface area contributed by atoms with Crippen molar-refractivity contribution in [2.24, 2.45) is 11.8 Å². The second-order valence-corrected chi connectivity index (χ2v) is 6.77. The van der Waals surface area contributed by atoms with Crippen LogP contribution < -0.4 is 14.2 Å². The minimum atomic E-state index is -3.05. The fraction of sp³-hybridized carbons (Fsp3) is 0.381. The smallest absolute Gasteiger partial charge is 0.387 e. The molecule has 6 nitrogen and oxygen atoms in total. The van der Waals surface area contributed by atoms with Crippen molar-refractivity contribution in [1.82, 2.24) is 0 Å². The van der Waals surface area contributed by atoms with Gasteiger partial charge < -0.3 is 24.1 Å². The lowest BCUT2D eigenvalue weighted by molar-refractivity contribution is -0.141. The van der Waals surface area contributed by atoms with Crippen LogP contribution in [0.3, 0.4) is 0 Å². The number of cyclic esters (lactones) is 1. The topological polar surface area (TPSA) is 74.2 Å². The van der Waals surface area contributed by atoms with Crippen LogP contribution in [0.4, 0.5) is 8.78 Å². The van der Waals surface area contributed by atoms with Crippen LogP contribution in [-0.2, 0) is 22.4 Å². The summed E-state index contributed by atoms with van der Waals surface area (Å²) in [5.41, 5.74) is 1.56. The molecule has 0 spiro atoms. The SMILES string of the molecule is COc1ccc(C[C@H]2COC(=O)[C@@H]2Cc2ccc(O)c(OC(F)F)c2)cc1OC. The number of halogens is 2. The van der Waals surface area contributed by atoms with Gasteiger partial charge in [-0.2, -0.15) is 8.78 Å². The highest BCUT2D eigenvalue weighted by molar-refractivity contribution is 5.75. The number of aromatic hydroxyl groups is 1. The molecule has 0 unspecified atom stereocenters. The largest absolute Gasteiger partial charge is 0.504 e. The van der Waals surface area contributed by atoms with Gasteiger partial charge in [-0.1, -0.05) is 12.1 Å². The molecule has 29 heavy (non-hydrogen) atoms. The van der Waals surface area contributed by atoms with E-state index >= 15 is 0 Å². The van der Waals surface area contributed by atoms with Gasteiger partial charge in [-0.15, -0.1) is 0 Å². The standard InChI is InChI=1S/C21H22F2O6/c1-26-17-6-4-12(10-19(17)27-2)7-14-11-28-20(25)15(14)8-13-3-5-16(24)18(9-13)29-21(22)23/h3-6,9-10,14-15,21,24H,7-8,11H2,1-2H3/t14-,15+/m0/s1. The molecule has 2 atom stereocenters. The summed E-state index contributed by atoms with van der Waals surface area (Å²) >= 11 is 0. The van der Waals surface area contributed by atoms with E-state index in [4.69, 9.17) is 14.2 Å². The third kappa shape index (κ3) is 4.88. The van der Waals surface area contributed by atoms with E-state index in [9.17, 15) is 18.7 Å². The Morgan fingerprint density at radius 3 is 2.38 bits per heavy atom. The van der Waals surface area contributed by atoms with Crippen molar-refractivity contribution in [3.63, 3.8) is 0 Å². The molecule has 156 valence electrons. The van der Waals surface area contributed by atoms with Crippen molar-refractivity contribution in [1.29, 1.82) is 0 Å². The first-order chi connectivity index (χ1) is 13.9. The average Bonchev–Trinajstić information content (AvgIpc) is 3.03. The summed E-state index contributed by atoms with van der Waals surface area (Å²) in [6.45, 7) is -2.78. The molecule has 8 heteroatoms. The molecule has 3 rings (SSSR count). The number of alkyl halides is 2. The number of benzene rings is 2. The molecule has 1 heterocycles. The van der Waals surface area contributed by atoms with E-state index < -0.39 is 12.5 Å². The maximum atomic E-state index is 12.5. The summed E-state index contributed by atoms with van der Waals surface area (Å²) in [4.78, 5) is 12.3. The van der Waals surface area contributed by atoms with Gasteiger partial charge in [0.25, 0.3) is 0 Å². The predicted octanol–water partition coefficient (Wildman–Crippen LogP) is 3.59. The van der Waals surface area contributed by atoms with E-state index in [1.54, 1.807) is 26.4 Å². The van der Waals surface area contributed by atoms with Gasteiger partial charge in [0, 0.05) is 5.92 Å². The van der Waals surface area contributed by atoms with Gasteiger partial charge in [0.1, 0.15) is 0 Å². The van der Waals surface area contributed by atoms with Crippen LogP contribution in [0.25, 0.3) is 0 Å². The van der Waals surface area contributed by atoms with Gasteiger partial charge in [-0.05, 0) is 48.2 Å². The normalized spacial score (nSPS) is 18.6. The number of rotatable bonds is 8. The van der Waals surface area contributed by atoms with Crippen molar-refractivity contribution < 1.29 is 37.6 Å². The van der Waals surface area contributed by atoms with Crippen molar-refractivity contribution in [2.45, 2.75) is 19.5 Å². The Balaban J connectivity index is 1.76. The zero-order valence-corrected chi connectivity index (χ0v) is 16.1. The minimum Gasteiger partial charge on any atom is -0.504 e. The molecule has 0 radical (unpaired) electrons. The molecule has 0 aromatic heterocycles. The first-order valence-electron chi connectivity index (χ1n) is 9.05. The van der Waals surface area contributed by atoms with Crippen LogP contribution in [0.1, 0.15) is 11.1 Å². The summed E-state index contributed by atoms with van der Waals surface area (Å²) in [5, 5.41) is 9.66. The molecule has 0 aliphatic carbocycles. The van der Waals surface area contributed by atoms with Crippen LogP contribution in [0.5, 0.6) is 23.0 Å². The number of hydrogen-bond acceptors (Lipinski definition) is 6. The Bertz CT molecular complexity index is 870. The van der Waals surface area contributed by atoms with Crippen LogP contribution in [0, 0.1) is 11.8 Å². The van der Waals surface area contributed by atoms with Crippen LogP contribution >= 0.6 is 0 Å². The first-order valence-corrected chi connectivity index (χ1v) is 9.05. The Morgan fingerprint density at radius 2 is 1.69 bits per heavy atom. The highest BCUT2D eigenvalue weighted by Gasteiger charge is 2.37. The Labute approximate surface area is 167 Å². The van der Waals surface area contributed by atoms with Crippen molar-refractivity contribution in [2.75, 3.05) is 20.8 Å². The molecule has 0 amide bonds. The van der Waals surface area contributed by atoms with Gasteiger partial charge >= 0.3 is 12.6 Å². The van der Waals surface area contributed by atoms with E-state index in [0.29, 0.717) is 23.5 Å². The van der Waals surface area contributed by atoms with E-state index in [-0.39, 0.29) is 36.4 Å². The summed E-state index contributed by atoms with van der Waals surface area (Å²) in [5.74, 6) is -0.354. The molecule has 1 fully saturated rings. The Kier molecular flexibility index (Phi) is 6.41. The Morgan fingerprint density at radius 1 is 1.03 bits per heavy atom. The average molecular weight is 408 g/mol. The number of phenolic OH excluding ortho intramolecular Hbond substituents is 1. The lowest BCUT2D eigenvalue weighted by Gasteiger charge is -2.17. The second-order valence-electron chi connectivity index (χ2n) is 6.77. The fourth-order valence-corrected chi connectivity index (χ4v) is 3.50. The van der Waals surface area contributed by atoms with Gasteiger partial charge in [0.2, 0.25) is 0 Å². The first kappa shape index (κ1) is 20.7. The van der Waals surface area contributed by atoms with Gasteiger partial charge in [0.15, 0.2) is 23.0 Å². The summed E-state index contributed by atoms with van der Waals surface area (Å²) in [7, 11) is 3.11. The lowest BCUT2D eigenvalue weighted by Crippen LogP contribution is -2.20. The molecule has 1 N–H and O–H groups in total. The zero-order valence-electron chi connectivity index (χ0n) is 16.1. The third-order valence-electron chi connectivity index (χ3n) is 4.95. The Hall–Kier alpha value is -3.03. The second kappa shape index (κ2) is 8.98. The van der Waals surface area contributed by atoms with Gasteiger partial charge in [-0.25, -0.2) is 0 Å². The molecule has 1 aliphatic rings. The number of phenols is 1. The summed E-state index contributed by atoms with van der Waals surface area (Å²) < 4.78 is 45.1. The molecule has 1 aliphatic heterocycles. The molecular weight excluding hydrogens is 386 g/mol. The zero-order chi connectivity index (χ0) is 21.0. The fourth-order valence-electron chi connectivity index (χ4n) is 3.50. The van der Waals surface area contributed by atoms with E-state index in [1.165, 1.54) is 12.1 Å². The number of hydrogen-bond donors (Lipinski definition) is 1. The van der Waals surface area contributed by atoms with Crippen molar-refractivity contribution in [3.05, 3.63) is 47.5 Å². The van der Waals surface area contributed by atoms with Crippen molar-refractivity contribution >= 4 is 5.97 Å². The highest BCUT2D eigenvalue weighted by atomic mass is 19.3. The summed E-state index contributed by atoms with van der Waals surface area (Å²) in [6, 6.07) is 9.73. The number of ether oxygens (including phenoxy) is 4. The van der Waals surface area contributed by atoms with E-state index in [0.717, 1.165) is 5.56 Å². The van der Waals surface area contributed by atoms with E-state index in [1.807, 2.05) is 12.1 Å². The number of esters is 1. The maximum absolute atomic E-state index is 12.5. The lowest BCUT2D eigenvalue weighted by atomic mass is 9.85. The van der Waals surface area contributed by atoms with Crippen LogP contribution in [0.2, 0.25) is 0 Å². The molecule has 1 saturated heterocycles. The summed E-state index contributed by atoms with van der Waals surface area (Å²) in [6.07, 6.45) is 0.867. The number of carbonyl (C=O) groups is 1. The molecule has 2 aromatic carbocycles. The predicted molar refractivity (Wildman–Crippen MR) is 99.6 cm³/mol. The van der Waals surface area contributed by atoms with Gasteiger partial charge in [-0.3, -0.25) is 4.79 Å². The van der Waals surface area contributed by atoms with Crippen molar-refractivity contribution in [3.8, 4) is 23.0 Å². The third-order valence-corrected chi connectivity index (χ3v) is 4.95. The monoisotopic (exact) mass is 408 g/mol.